The van der Waals surface area contributed by atoms with Gasteiger partial charge in [-0.05, 0) is 154 Å². The van der Waals surface area contributed by atoms with Gasteiger partial charge in [0.25, 0.3) is 0 Å². The number of carboxylic acids is 2. The van der Waals surface area contributed by atoms with Gasteiger partial charge in [0, 0.05) is 29.1 Å². The number of carbonyl (C=O) groups excluding carboxylic acids is 1. The Kier molecular flexibility index (Phi) is 15.6. The monoisotopic (exact) mass is 971 g/mol. The van der Waals surface area contributed by atoms with Gasteiger partial charge in [-0.25, -0.2) is 0 Å². The van der Waals surface area contributed by atoms with Crippen LogP contribution >= 0.6 is 55.1 Å². The van der Waals surface area contributed by atoms with Crippen molar-refractivity contribution in [3.05, 3.63) is 107 Å². The van der Waals surface area contributed by atoms with E-state index in [0.29, 0.717) is 29.6 Å². The molecule has 4 aromatic rings. The summed E-state index contributed by atoms with van der Waals surface area (Å²) in [5.74, 6) is -2.23. The summed E-state index contributed by atoms with van der Waals surface area (Å²) in [6, 6.07) is 17.0. The average Bonchev–Trinajstić information content (AvgIpc) is 3.06. The first-order chi connectivity index (χ1) is 27.4. The lowest BCUT2D eigenvalue weighted by molar-refractivity contribution is -0.140. The van der Waals surface area contributed by atoms with E-state index in [1.54, 1.807) is 18.2 Å². The van der Waals surface area contributed by atoms with Gasteiger partial charge >= 0.3 is 18.1 Å². The zero-order valence-corrected chi connectivity index (χ0v) is 35.8. The highest BCUT2D eigenvalue weighted by molar-refractivity contribution is 9.11. The Hall–Kier alpha value is -4.18. The number of halogens is 7. The van der Waals surface area contributed by atoms with Crippen molar-refractivity contribution in [3.8, 4) is 11.5 Å². The molecule has 2 saturated carbocycles. The van der Waals surface area contributed by atoms with Crippen molar-refractivity contribution in [1.82, 2.24) is 0 Å². The van der Waals surface area contributed by atoms with Crippen LogP contribution in [0.5, 0.6) is 11.5 Å². The van der Waals surface area contributed by atoms with Gasteiger partial charge < -0.3 is 35.6 Å². The molecule has 0 spiro atoms. The first-order valence-electron chi connectivity index (χ1n) is 18.2. The third-order valence-corrected chi connectivity index (χ3v) is 10.9. The van der Waals surface area contributed by atoms with Gasteiger partial charge in [0.15, 0.2) is 5.75 Å². The minimum atomic E-state index is -4.52. The molecule has 310 valence electrons. The second kappa shape index (κ2) is 20.2. The molecule has 2 aliphatic carbocycles. The average molecular weight is 974 g/mol. The molecule has 0 bridgehead atoms. The molecule has 2 fully saturated rings. The Morgan fingerprint density at radius 1 is 0.707 bits per heavy atom. The summed E-state index contributed by atoms with van der Waals surface area (Å²) in [4.78, 5) is 33.1. The number of anilines is 3. The lowest BCUT2D eigenvalue weighted by Crippen LogP contribution is -2.27. The number of aliphatic carboxylic acids is 2. The fraction of sp³-hybridized carbons (Fsp3) is 0.341. The fourth-order valence-corrected chi connectivity index (χ4v) is 8.18. The number of benzene rings is 4. The maximum Gasteiger partial charge on any atom is 0.416 e. The van der Waals surface area contributed by atoms with Crippen molar-refractivity contribution in [1.29, 1.82) is 0 Å². The minimum absolute atomic E-state index is 0.00270. The molecular weight excluding hydrogens is 934 g/mol. The summed E-state index contributed by atoms with van der Waals surface area (Å²) in [5, 5.41) is 26.6. The summed E-state index contributed by atoms with van der Waals surface area (Å²) in [6.07, 6.45) is 1.36. The van der Waals surface area contributed by atoms with Crippen LogP contribution in [0.25, 0.3) is 0 Å². The molecule has 0 unspecified atom stereocenters. The van der Waals surface area contributed by atoms with E-state index in [4.69, 9.17) is 42.9 Å². The molecule has 17 heteroatoms. The molecule has 5 N–H and O–H groups in total. The maximum absolute atomic E-state index is 13.3. The Morgan fingerprint density at radius 3 is 1.71 bits per heavy atom. The predicted molar refractivity (Wildman–Crippen MR) is 224 cm³/mol. The fourth-order valence-electron chi connectivity index (χ4n) is 6.08. The van der Waals surface area contributed by atoms with Crippen molar-refractivity contribution >= 4 is 90.0 Å². The number of ether oxygens (including phenoxy) is 2. The highest BCUT2D eigenvalue weighted by Gasteiger charge is 2.32. The summed E-state index contributed by atoms with van der Waals surface area (Å²) in [5.41, 5.74) is 4.14. The number of rotatable bonds is 15. The van der Waals surface area contributed by atoms with E-state index in [0.717, 1.165) is 51.6 Å². The standard InChI is InChI=1S/C21H19Cl2F3N2O4.C20H21Br2NO3/c22-16-7-15(28-18(29)9-19(30)31)8-17(23)20(16)32-10-11-4-12(21(24,25)26)6-14(5-11)27-13-2-1-3-13;1-12-5-14(7-16(6-12)23-15-3-2-4-15)11-26-20-17(21)8-13(9-18(20)22)10-19(24)25/h4-8,13,27H,1-3,9-10H2,(H,28,29)(H,30,31);5-9,15,23H,2-4,10-11H2,1H3,(H,24,25). The zero-order valence-electron chi connectivity index (χ0n) is 31.1. The molecule has 0 radical (unpaired) electrons. The van der Waals surface area contributed by atoms with Crippen molar-refractivity contribution in [2.75, 3.05) is 16.0 Å². The second-order valence-corrected chi connectivity index (χ2v) is 16.6. The third-order valence-electron chi connectivity index (χ3n) is 9.18. The van der Waals surface area contributed by atoms with E-state index >= 15 is 0 Å². The number of alkyl halides is 3. The molecule has 58 heavy (non-hydrogen) atoms. The number of hydrogen-bond acceptors (Lipinski definition) is 7. The number of amides is 1. The number of nitrogens with one attached hydrogen (secondary N) is 3. The second-order valence-electron chi connectivity index (χ2n) is 14.1. The summed E-state index contributed by atoms with van der Waals surface area (Å²) >= 11 is 19.3. The molecule has 10 nitrogen and oxygen atoms in total. The normalized spacial score (nSPS) is 13.9. The van der Waals surface area contributed by atoms with E-state index in [2.05, 4.69) is 72.9 Å². The van der Waals surface area contributed by atoms with Crippen LogP contribution in [-0.2, 0) is 40.2 Å². The van der Waals surface area contributed by atoms with Crippen LogP contribution in [0.15, 0.2) is 69.6 Å². The summed E-state index contributed by atoms with van der Waals surface area (Å²) < 4.78 is 53.0. The summed E-state index contributed by atoms with van der Waals surface area (Å²) in [6.45, 7) is 2.30. The van der Waals surface area contributed by atoms with Crippen LogP contribution in [-0.4, -0.2) is 40.1 Å². The molecule has 4 aromatic carbocycles. The van der Waals surface area contributed by atoms with Crippen LogP contribution in [0.2, 0.25) is 10.0 Å². The molecule has 0 heterocycles. The molecule has 0 saturated heterocycles. The number of hydrogen-bond donors (Lipinski definition) is 5. The van der Waals surface area contributed by atoms with Crippen LogP contribution in [0.1, 0.15) is 72.8 Å². The molecule has 2 aliphatic rings. The smallest absolute Gasteiger partial charge is 0.416 e. The SMILES string of the molecule is Cc1cc(COc2c(Br)cc(CC(=O)O)cc2Br)cc(NC2CCC2)c1.O=C(O)CC(=O)Nc1cc(Cl)c(OCc2cc(NC3CCC3)cc(C(F)(F)F)c2)c(Cl)c1. The topological polar surface area (TPSA) is 146 Å². The van der Waals surface area contributed by atoms with Gasteiger partial charge in [0.05, 0.1) is 31.0 Å². The minimum Gasteiger partial charge on any atom is -0.487 e. The Morgan fingerprint density at radius 2 is 1.22 bits per heavy atom. The van der Waals surface area contributed by atoms with E-state index in [1.165, 1.54) is 37.0 Å². The number of carbonyl (C=O) groups is 3. The largest absolute Gasteiger partial charge is 0.487 e. The van der Waals surface area contributed by atoms with Gasteiger partial charge in [-0.2, -0.15) is 13.2 Å². The lowest BCUT2D eigenvalue weighted by atomic mass is 9.93. The van der Waals surface area contributed by atoms with Gasteiger partial charge in [-0.1, -0.05) is 29.3 Å². The van der Waals surface area contributed by atoms with Gasteiger partial charge in [0.2, 0.25) is 5.91 Å². The number of carboxylic acid groups (broad SMARTS) is 2. The third kappa shape index (κ3) is 13.4. The molecule has 1 amide bonds. The Balaban J connectivity index is 0.000000226. The maximum atomic E-state index is 13.3. The van der Waals surface area contributed by atoms with Gasteiger partial charge in [-0.15, -0.1) is 0 Å². The molecule has 6 rings (SSSR count). The van der Waals surface area contributed by atoms with E-state index < -0.39 is 36.0 Å². The van der Waals surface area contributed by atoms with Crippen molar-refractivity contribution < 1.29 is 47.2 Å². The van der Waals surface area contributed by atoms with Gasteiger partial charge in [0.1, 0.15) is 25.4 Å². The van der Waals surface area contributed by atoms with Gasteiger partial charge in [-0.3, -0.25) is 14.4 Å². The molecular formula is C41H40Br2Cl2F3N3O7. The Bertz CT molecular complexity index is 2100. The van der Waals surface area contributed by atoms with Crippen molar-refractivity contribution in [3.63, 3.8) is 0 Å². The summed E-state index contributed by atoms with van der Waals surface area (Å²) in [7, 11) is 0. The van der Waals surface area contributed by atoms with Crippen LogP contribution in [0, 0.1) is 6.92 Å². The van der Waals surface area contributed by atoms with E-state index in [-0.39, 0.29) is 46.1 Å². The highest BCUT2D eigenvalue weighted by atomic mass is 79.9. The van der Waals surface area contributed by atoms with E-state index in [1.807, 2.05) is 0 Å². The first kappa shape index (κ1) is 44.9. The van der Waals surface area contributed by atoms with Crippen LogP contribution in [0.3, 0.4) is 0 Å². The van der Waals surface area contributed by atoms with Crippen molar-refractivity contribution in [2.24, 2.45) is 0 Å². The number of aryl methyl sites for hydroxylation is 1. The molecule has 0 aliphatic heterocycles. The van der Waals surface area contributed by atoms with E-state index in [9.17, 15) is 27.6 Å². The lowest BCUT2D eigenvalue weighted by Gasteiger charge is -2.28. The quantitative estimate of drug-likeness (QED) is 0.0735. The first-order valence-corrected chi connectivity index (χ1v) is 20.6. The van der Waals surface area contributed by atoms with Crippen LogP contribution < -0.4 is 25.4 Å². The zero-order chi connectivity index (χ0) is 42.1. The molecule has 0 aromatic heterocycles. The molecule has 0 atom stereocenters. The van der Waals surface area contributed by atoms with Crippen molar-refractivity contribution in [2.45, 2.75) is 89.8 Å². The van der Waals surface area contributed by atoms with Crippen LogP contribution in [0.4, 0.5) is 30.2 Å². The predicted octanol–water partition coefficient (Wildman–Crippen LogP) is 11.7. The highest BCUT2D eigenvalue weighted by Crippen LogP contribution is 2.39. The Labute approximate surface area is 360 Å².